The highest BCUT2D eigenvalue weighted by molar-refractivity contribution is 6.31. The van der Waals surface area contributed by atoms with E-state index in [2.05, 4.69) is 5.32 Å². The molecule has 2 atom stereocenters. The third-order valence-corrected chi connectivity index (χ3v) is 3.56. The fourth-order valence-electron chi connectivity index (χ4n) is 2.32. The van der Waals surface area contributed by atoms with Crippen molar-refractivity contribution < 1.29 is 9.53 Å². The number of halogens is 1. The molecule has 18 heavy (non-hydrogen) atoms. The average Bonchev–Trinajstić information content (AvgIpc) is 2.76. The summed E-state index contributed by atoms with van der Waals surface area (Å²) in [6.07, 6.45) is 2.76. The molecule has 1 saturated carbocycles. The van der Waals surface area contributed by atoms with Crippen LogP contribution < -0.4 is 15.8 Å². The van der Waals surface area contributed by atoms with E-state index in [-0.39, 0.29) is 17.9 Å². The lowest BCUT2D eigenvalue weighted by atomic mass is 10.0. The third-order valence-electron chi connectivity index (χ3n) is 3.33. The van der Waals surface area contributed by atoms with Crippen LogP contribution in [0.25, 0.3) is 0 Å². The quantitative estimate of drug-likeness (QED) is 0.885. The molecule has 0 saturated heterocycles. The maximum absolute atomic E-state index is 12.1. The van der Waals surface area contributed by atoms with Crippen LogP contribution in [0.1, 0.15) is 19.3 Å². The van der Waals surface area contributed by atoms with Gasteiger partial charge in [-0.1, -0.05) is 18.0 Å². The van der Waals surface area contributed by atoms with Crippen LogP contribution in [0.15, 0.2) is 18.2 Å². The number of ether oxygens (including phenoxy) is 1. The van der Waals surface area contributed by atoms with E-state index < -0.39 is 0 Å². The Morgan fingerprint density at radius 2 is 2.28 bits per heavy atom. The van der Waals surface area contributed by atoms with Crippen molar-refractivity contribution >= 4 is 23.2 Å². The normalized spacial score (nSPS) is 22.8. The minimum atomic E-state index is -0.117. The zero-order chi connectivity index (χ0) is 13.1. The summed E-state index contributed by atoms with van der Waals surface area (Å²) >= 11 is 5.91. The molecule has 1 aromatic carbocycles. The van der Waals surface area contributed by atoms with Gasteiger partial charge in [-0.25, -0.2) is 0 Å². The maximum Gasteiger partial charge on any atom is 0.229 e. The van der Waals surface area contributed by atoms with Gasteiger partial charge in [-0.15, -0.1) is 0 Å². The van der Waals surface area contributed by atoms with Crippen LogP contribution in [0, 0.1) is 5.92 Å². The molecule has 0 bridgehead atoms. The van der Waals surface area contributed by atoms with Gasteiger partial charge in [-0.05, 0) is 31.0 Å². The van der Waals surface area contributed by atoms with E-state index in [1.54, 1.807) is 25.3 Å². The van der Waals surface area contributed by atoms with Crippen molar-refractivity contribution in [1.29, 1.82) is 0 Å². The van der Waals surface area contributed by atoms with Crippen molar-refractivity contribution in [3.8, 4) is 5.75 Å². The first kappa shape index (κ1) is 13.2. The highest BCUT2D eigenvalue weighted by atomic mass is 35.5. The Balaban J connectivity index is 2.13. The highest BCUT2D eigenvalue weighted by Crippen LogP contribution is 2.30. The minimum absolute atomic E-state index is 0.0461. The summed E-state index contributed by atoms with van der Waals surface area (Å²) in [6.45, 7) is 0. The maximum atomic E-state index is 12.1. The Bertz CT molecular complexity index is 451. The van der Waals surface area contributed by atoms with E-state index in [1.165, 1.54) is 0 Å². The van der Waals surface area contributed by atoms with Crippen molar-refractivity contribution in [2.45, 2.75) is 25.3 Å². The van der Waals surface area contributed by atoms with Gasteiger partial charge in [0.05, 0.1) is 18.7 Å². The molecule has 0 aliphatic heterocycles. The molecule has 1 aromatic rings. The van der Waals surface area contributed by atoms with Gasteiger partial charge in [-0.2, -0.15) is 0 Å². The number of hydrogen-bond acceptors (Lipinski definition) is 3. The summed E-state index contributed by atoms with van der Waals surface area (Å²) in [7, 11) is 1.56. The van der Waals surface area contributed by atoms with Gasteiger partial charge in [0.2, 0.25) is 5.91 Å². The second kappa shape index (κ2) is 5.59. The van der Waals surface area contributed by atoms with Gasteiger partial charge >= 0.3 is 0 Å². The van der Waals surface area contributed by atoms with Gasteiger partial charge in [-0.3, -0.25) is 4.79 Å². The molecule has 0 aromatic heterocycles. The summed E-state index contributed by atoms with van der Waals surface area (Å²) in [5.41, 5.74) is 6.51. The SMILES string of the molecule is COc1ccc(Cl)cc1NC(=O)C1CCCC1N. The second-order valence-electron chi connectivity index (χ2n) is 4.54. The first-order chi connectivity index (χ1) is 8.61. The Hall–Kier alpha value is -1.26. The zero-order valence-electron chi connectivity index (χ0n) is 10.3. The van der Waals surface area contributed by atoms with Crippen LogP contribution in [0.3, 0.4) is 0 Å². The summed E-state index contributed by atoms with van der Waals surface area (Å²) in [5, 5.41) is 3.40. The summed E-state index contributed by atoms with van der Waals surface area (Å²) in [5.74, 6) is 0.425. The standard InChI is InChI=1S/C13H17ClN2O2/c1-18-12-6-5-8(14)7-11(12)16-13(17)9-3-2-4-10(9)15/h5-7,9-10H,2-4,15H2,1H3,(H,16,17). The van der Waals surface area contributed by atoms with Crippen LogP contribution >= 0.6 is 11.6 Å². The molecule has 98 valence electrons. The van der Waals surface area contributed by atoms with Crippen molar-refractivity contribution in [3.05, 3.63) is 23.2 Å². The second-order valence-corrected chi connectivity index (χ2v) is 4.97. The van der Waals surface area contributed by atoms with Crippen LogP contribution in [-0.2, 0) is 4.79 Å². The molecule has 0 spiro atoms. The number of methoxy groups -OCH3 is 1. The molecular weight excluding hydrogens is 252 g/mol. The van der Waals surface area contributed by atoms with Gasteiger partial charge in [0.1, 0.15) is 5.75 Å². The van der Waals surface area contributed by atoms with Crippen molar-refractivity contribution in [2.24, 2.45) is 11.7 Å². The fourth-order valence-corrected chi connectivity index (χ4v) is 2.49. The van der Waals surface area contributed by atoms with Gasteiger partial charge in [0.25, 0.3) is 0 Å². The minimum Gasteiger partial charge on any atom is -0.495 e. The number of carbonyl (C=O) groups is 1. The van der Waals surface area contributed by atoms with Crippen molar-refractivity contribution in [3.63, 3.8) is 0 Å². The Labute approximate surface area is 111 Å². The van der Waals surface area contributed by atoms with Gasteiger partial charge in [0, 0.05) is 11.1 Å². The number of hydrogen-bond donors (Lipinski definition) is 2. The molecule has 1 fully saturated rings. The first-order valence-corrected chi connectivity index (χ1v) is 6.39. The van der Waals surface area contributed by atoms with E-state index in [0.717, 1.165) is 19.3 Å². The average molecular weight is 269 g/mol. The number of carbonyl (C=O) groups excluding carboxylic acids is 1. The van der Waals surface area contributed by atoms with Crippen molar-refractivity contribution in [1.82, 2.24) is 0 Å². The molecule has 1 aliphatic carbocycles. The number of nitrogens with two attached hydrogens (primary N) is 1. The van der Waals surface area contributed by atoms with E-state index in [1.807, 2.05) is 0 Å². The molecule has 0 heterocycles. The number of rotatable bonds is 3. The van der Waals surface area contributed by atoms with E-state index in [0.29, 0.717) is 16.5 Å². The predicted molar refractivity (Wildman–Crippen MR) is 72.0 cm³/mol. The van der Waals surface area contributed by atoms with E-state index in [9.17, 15) is 4.79 Å². The van der Waals surface area contributed by atoms with Crippen LogP contribution in [0.4, 0.5) is 5.69 Å². The predicted octanol–water partition coefficient (Wildman–Crippen LogP) is 2.41. The molecule has 2 rings (SSSR count). The van der Waals surface area contributed by atoms with Crippen LogP contribution in [0.2, 0.25) is 5.02 Å². The molecule has 3 N–H and O–H groups in total. The third kappa shape index (κ3) is 2.76. The lowest BCUT2D eigenvalue weighted by Gasteiger charge is -2.16. The molecule has 1 amide bonds. The summed E-state index contributed by atoms with van der Waals surface area (Å²) < 4.78 is 5.19. The topological polar surface area (TPSA) is 64.3 Å². The Morgan fingerprint density at radius 3 is 2.89 bits per heavy atom. The van der Waals surface area contributed by atoms with Gasteiger partial charge < -0.3 is 15.8 Å². The molecule has 0 radical (unpaired) electrons. The van der Waals surface area contributed by atoms with E-state index in [4.69, 9.17) is 22.1 Å². The number of amides is 1. The monoisotopic (exact) mass is 268 g/mol. The number of benzene rings is 1. The molecule has 4 nitrogen and oxygen atoms in total. The molecular formula is C13H17ClN2O2. The number of nitrogens with one attached hydrogen (secondary N) is 1. The van der Waals surface area contributed by atoms with Crippen LogP contribution in [-0.4, -0.2) is 19.1 Å². The van der Waals surface area contributed by atoms with Crippen LogP contribution in [0.5, 0.6) is 5.75 Å². The Kier molecular flexibility index (Phi) is 4.09. The molecule has 1 aliphatic rings. The lowest BCUT2D eigenvalue weighted by Crippen LogP contribution is -2.34. The molecule has 5 heteroatoms. The highest BCUT2D eigenvalue weighted by Gasteiger charge is 2.30. The van der Waals surface area contributed by atoms with Gasteiger partial charge in [0.15, 0.2) is 0 Å². The largest absolute Gasteiger partial charge is 0.495 e. The zero-order valence-corrected chi connectivity index (χ0v) is 11.0. The Morgan fingerprint density at radius 1 is 1.50 bits per heavy atom. The lowest BCUT2D eigenvalue weighted by molar-refractivity contribution is -0.120. The number of anilines is 1. The molecule has 2 unspecified atom stereocenters. The summed E-state index contributed by atoms with van der Waals surface area (Å²) in [4.78, 5) is 12.1. The summed E-state index contributed by atoms with van der Waals surface area (Å²) in [6, 6.07) is 5.08. The first-order valence-electron chi connectivity index (χ1n) is 6.02. The smallest absolute Gasteiger partial charge is 0.229 e. The van der Waals surface area contributed by atoms with Crippen molar-refractivity contribution in [2.75, 3.05) is 12.4 Å². The van der Waals surface area contributed by atoms with E-state index >= 15 is 0 Å². The fraction of sp³-hybridized carbons (Fsp3) is 0.462.